The minimum absolute atomic E-state index is 0.153. The second-order valence-electron chi connectivity index (χ2n) is 8.28. The lowest BCUT2D eigenvalue weighted by atomic mass is 9.75. The summed E-state index contributed by atoms with van der Waals surface area (Å²) in [5, 5.41) is 3.87. The van der Waals surface area contributed by atoms with Gasteiger partial charge in [0.2, 0.25) is 11.8 Å². The van der Waals surface area contributed by atoms with Crippen LogP contribution in [0.15, 0.2) is 42.5 Å². The Balaban J connectivity index is 1.56. The smallest absolute Gasteiger partial charge is 0.250 e. The largest absolute Gasteiger partial charge is 0.323 e. The van der Waals surface area contributed by atoms with E-state index < -0.39 is 17.4 Å². The van der Waals surface area contributed by atoms with Gasteiger partial charge in [-0.3, -0.25) is 19.3 Å². The third kappa shape index (κ3) is 2.02. The third-order valence-electron chi connectivity index (χ3n) is 7.06. The molecule has 30 heavy (non-hydrogen) atoms. The van der Waals surface area contributed by atoms with Gasteiger partial charge in [0.25, 0.3) is 5.91 Å². The summed E-state index contributed by atoms with van der Waals surface area (Å²) in [5.74, 6) is -2.21. The highest BCUT2D eigenvalue weighted by Gasteiger charge is 2.74. The second kappa shape index (κ2) is 6.06. The molecule has 0 saturated carbocycles. The molecule has 4 aliphatic rings. The van der Waals surface area contributed by atoms with E-state index in [9.17, 15) is 14.4 Å². The Morgan fingerprint density at radius 2 is 1.77 bits per heavy atom. The fourth-order valence-electron chi connectivity index (χ4n) is 6.04. The van der Waals surface area contributed by atoms with Crippen LogP contribution in [0.4, 0.5) is 11.4 Å². The highest BCUT2D eigenvalue weighted by atomic mass is 35.5. The molecule has 2 aromatic carbocycles. The first kappa shape index (κ1) is 18.4. The fourth-order valence-corrected chi connectivity index (χ4v) is 6.39. The van der Waals surface area contributed by atoms with Crippen LogP contribution in [0.1, 0.15) is 18.4 Å². The van der Waals surface area contributed by atoms with Crippen LogP contribution in [0.25, 0.3) is 0 Å². The van der Waals surface area contributed by atoms with Crippen LogP contribution in [-0.4, -0.2) is 35.2 Å². The summed E-state index contributed by atoms with van der Waals surface area (Å²) in [6, 6.07) is 11.8. The summed E-state index contributed by atoms with van der Waals surface area (Å²) in [5.41, 5.74) is 0.507. The number of benzene rings is 2. The van der Waals surface area contributed by atoms with Crippen molar-refractivity contribution in [3.05, 3.63) is 58.1 Å². The molecular formula is C22H17Cl2N3O3. The lowest BCUT2D eigenvalue weighted by Gasteiger charge is -2.36. The normalized spacial score (nSPS) is 32.0. The Kier molecular flexibility index (Phi) is 3.71. The van der Waals surface area contributed by atoms with Crippen molar-refractivity contribution >= 4 is 52.3 Å². The summed E-state index contributed by atoms with van der Waals surface area (Å²) in [7, 11) is 0. The number of carbonyl (C=O) groups is 3. The van der Waals surface area contributed by atoms with Gasteiger partial charge >= 0.3 is 0 Å². The zero-order chi connectivity index (χ0) is 20.8. The molecule has 8 heteroatoms. The number of fused-ring (bicyclic) bond motifs is 7. The number of nitrogens with zero attached hydrogens (tertiary/aromatic N) is 2. The van der Waals surface area contributed by atoms with Crippen molar-refractivity contribution in [2.75, 3.05) is 16.8 Å². The van der Waals surface area contributed by atoms with Gasteiger partial charge in [0, 0.05) is 16.6 Å². The number of para-hydroxylation sites is 1. The molecule has 4 atom stereocenters. The van der Waals surface area contributed by atoms with Gasteiger partial charge in [-0.05, 0) is 49.7 Å². The van der Waals surface area contributed by atoms with E-state index in [2.05, 4.69) is 10.2 Å². The van der Waals surface area contributed by atoms with Crippen LogP contribution in [0.2, 0.25) is 10.0 Å². The Hall–Kier alpha value is -2.41. The van der Waals surface area contributed by atoms with E-state index >= 15 is 0 Å². The molecule has 3 saturated heterocycles. The van der Waals surface area contributed by atoms with E-state index in [0.29, 0.717) is 33.5 Å². The van der Waals surface area contributed by atoms with Gasteiger partial charge < -0.3 is 5.32 Å². The van der Waals surface area contributed by atoms with E-state index in [1.54, 1.807) is 36.4 Å². The third-order valence-corrected chi connectivity index (χ3v) is 7.63. The predicted octanol–water partition coefficient (Wildman–Crippen LogP) is 3.42. The molecule has 6 rings (SSSR count). The molecule has 0 aliphatic carbocycles. The van der Waals surface area contributed by atoms with E-state index in [0.717, 1.165) is 12.8 Å². The van der Waals surface area contributed by atoms with Gasteiger partial charge in [-0.15, -0.1) is 0 Å². The maximum atomic E-state index is 13.7. The quantitative estimate of drug-likeness (QED) is 0.688. The van der Waals surface area contributed by atoms with Gasteiger partial charge in [-0.2, -0.15) is 0 Å². The molecular weight excluding hydrogens is 425 g/mol. The van der Waals surface area contributed by atoms with Gasteiger partial charge in [-0.1, -0.05) is 35.3 Å². The minimum atomic E-state index is -1.21. The van der Waals surface area contributed by atoms with E-state index in [1.165, 1.54) is 4.90 Å². The number of carbonyl (C=O) groups excluding carboxylic acids is 3. The van der Waals surface area contributed by atoms with Crippen molar-refractivity contribution in [3.63, 3.8) is 0 Å². The molecule has 0 aromatic heterocycles. The number of hydrogen-bond donors (Lipinski definition) is 1. The SMILES string of the molecule is O=C1[C@H]2[C@@H](C(=O)N1c1ccc(Cl)cc1)[C@]1(C(=O)Nc3c(Cl)cccc31)N1CCC[C@@H]21. The molecule has 1 spiro atoms. The zero-order valence-electron chi connectivity index (χ0n) is 15.8. The number of amides is 3. The molecule has 2 aromatic rings. The van der Waals surface area contributed by atoms with Gasteiger partial charge in [-0.25, -0.2) is 4.90 Å². The van der Waals surface area contributed by atoms with Crippen LogP contribution >= 0.6 is 23.2 Å². The van der Waals surface area contributed by atoms with Crippen molar-refractivity contribution < 1.29 is 14.4 Å². The molecule has 4 heterocycles. The zero-order valence-corrected chi connectivity index (χ0v) is 17.3. The number of imide groups is 1. The van der Waals surface area contributed by atoms with E-state index in [-0.39, 0.29) is 23.8 Å². The standard InChI is InChI=1S/C22H17Cl2N3O3/c23-11-6-8-12(9-7-11)27-19(28)16-15-5-2-10-26(15)22(17(16)20(27)29)13-3-1-4-14(24)18(13)25-21(22)30/h1,3-4,6-9,15-17H,2,5,10H2,(H,25,30)/t15-,16+,17-,22+/m0/s1. The summed E-state index contributed by atoms with van der Waals surface area (Å²) in [4.78, 5) is 44.1. The van der Waals surface area contributed by atoms with Crippen molar-refractivity contribution in [3.8, 4) is 0 Å². The lowest BCUT2D eigenvalue weighted by molar-refractivity contribution is -0.135. The first-order valence-electron chi connectivity index (χ1n) is 9.97. The summed E-state index contributed by atoms with van der Waals surface area (Å²) in [6.07, 6.45) is 1.65. The summed E-state index contributed by atoms with van der Waals surface area (Å²) >= 11 is 12.4. The fraction of sp³-hybridized carbons (Fsp3) is 0.318. The Bertz CT molecular complexity index is 1130. The molecule has 0 radical (unpaired) electrons. The lowest BCUT2D eigenvalue weighted by Crippen LogP contribution is -2.54. The van der Waals surface area contributed by atoms with Gasteiger partial charge in [0.05, 0.1) is 28.2 Å². The van der Waals surface area contributed by atoms with Crippen LogP contribution in [-0.2, 0) is 19.9 Å². The monoisotopic (exact) mass is 441 g/mol. The average molecular weight is 442 g/mol. The number of nitrogens with one attached hydrogen (secondary N) is 1. The highest BCUT2D eigenvalue weighted by Crippen LogP contribution is 2.61. The number of hydrogen-bond acceptors (Lipinski definition) is 4. The van der Waals surface area contributed by atoms with Crippen LogP contribution in [0.5, 0.6) is 0 Å². The average Bonchev–Trinajstić information content (AvgIpc) is 3.42. The number of anilines is 2. The Labute approximate surface area is 182 Å². The summed E-state index contributed by atoms with van der Waals surface area (Å²) in [6.45, 7) is 0.665. The van der Waals surface area contributed by atoms with Gasteiger partial charge in [0.1, 0.15) is 5.54 Å². The first-order valence-corrected chi connectivity index (χ1v) is 10.7. The maximum absolute atomic E-state index is 13.7. The second-order valence-corrected chi connectivity index (χ2v) is 9.12. The molecule has 0 unspecified atom stereocenters. The van der Waals surface area contributed by atoms with Crippen molar-refractivity contribution in [2.45, 2.75) is 24.4 Å². The maximum Gasteiger partial charge on any atom is 0.250 e. The molecule has 0 bridgehead atoms. The van der Waals surface area contributed by atoms with Crippen LogP contribution < -0.4 is 10.2 Å². The van der Waals surface area contributed by atoms with E-state index in [4.69, 9.17) is 23.2 Å². The minimum Gasteiger partial charge on any atom is -0.323 e. The predicted molar refractivity (Wildman–Crippen MR) is 112 cm³/mol. The Morgan fingerprint density at radius 3 is 2.53 bits per heavy atom. The highest BCUT2D eigenvalue weighted by molar-refractivity contribution is 6.35. The molecule has 152 valence electrons. The van der Waals surface area contributed by atoms with Crippen LogP contribution in [0.3, 0.4) is 0 Å². The molecule has 3 fully saturated rings. The van der Waals surface area contributed by atoms with Gasteiger partial charge in [0.15, 0.2) is 0 Å². The van der Waals surface area contributed by atoms with Crippen LogP contribution in [0, 0.1) is 11.8 Å². The molecule has 1 N–H and O–H groups in total. The topological polar surface area (TPSA) is 69.7 Å². The number of rotatable bonds is 1. The van der Waals surface area contributed by atoms with E-state index in [1.807, 2.05) is 6.07 Å². The van der Waals surface area contributed by atoms with Crippen molar-refractivity contribution in [1.82, 2.24) is 4.90 Å². The van der Waals surface area contributed by atoms with Crippen molar-refractivity contribution in [2.24, 2.45) is 11.8 Å². The Morgan fingerprint density at radius 1 is 1.00 bits per heavy atom. The number of halogens is 2. The molecule has 6 nitrogen and oxygen atoms in total. The molecule has 3 amide bonds. The molecule has 4 aliphatic heterocycles. The summed E-state index contributed by atoms with van der Waals surface area (Å²) < 4.78 is 0. The van der Waals surface area contributed by atoms with Crippen molar-refractivity contribution in [1.29, 1.82) is 0 Å². The first-order chi connectivity index (χ1) is 14.5.